The largest absolute Gasteiger partial charge is 0.496 e. The van der Waals surface area contributed by atoms with Gasteiger partial charge >= 0.3 is 0 Å². The zero-order valence-electron chi connectivity index (χ0n) is 19.3. The summed E-state index contributed by atoms with van der Waals surface area (Å²) in [6.45, 7) is 2.34. The highest BCUT2D eigenvalue weighted by molar-refractivity contribution is 7.09. The first-order valence-corrected chi connectivity index (χ1v) is 11.6. The van der Waals surface area contributed by atoms with Gasteiger partial charge in [0.2, 0.25) is 5.91 Å². The predicted molar refractivity (Wildman–Crippen MR) is 133 cm³/mol. The van der Waals surface area contributed by atoms with E-state index >= 15 is 0 Å². The third kappa shape index (κ3) is 5.52. The van der Waals surface area contributed by atoms with E-state index in [-0.39, 0.29) is 5.91 Å². The molecule has 0 radical (unpaired) electrons. The Morgan fingerprint density at radius 1 is 1.18 bits per heavy atom. The SMILES string of the molecule is COc1ccccc1C(NC(=O)/C=C/c1ccccc1OCc1csc(C)n1)c1nccn1C. The number of carbonyl (C=O) groups is 1. The molecule has 0 spiro atoms. The highest BCUT2D eigenvalue weighted by atomic mass is 32.1. The predicted octanol–water partition coefficient (Wildman–Crippen LogP) is 4.69. The average molecular weight is 475 g/mol. The van der Waals surface area contributed by atoms with Crippen LogP contribution in [0.5, 0.6) is 11.5 Å². The molecule has 7 nitrogen and oxygen atoms in total. The number of nitrogens with zero attached hydrogens (tertiary/aromatic N) is 3. The van der Waals surface area contributed by atoms with Gasteiger partial charge in [-0.2, -0.15) is 0 Å². The van der Waals surface area contributed by atoms with Gasteiger partial charge in [0.25, 0.3) is 0 Å². The Bertz CT molecular complexity index is 1290. The third-order valence-corrected chi connectivity index (χ3v) is 6.05. The van der Waals surface area contributed by atoms with Crippen molar-refractivity contribution in [2.45, 2.75) is 19.6 Å². The van der Waals surface area contributed by atoms with Gasteiger partial charge in [0.1, 0.15) is 30.0 Å². The van der Waals surface area contributed by atoms with Crippen LogP contribution in [0.2, 0.25) is 0 Å². The zero-order chi connectivity index (χ0) is 23.9. The van der Waals surface area contributed by atoms with Crippen molar-refractivity contribution in [2.75, 3.05) is 7.11 Å². The number of methoxy groups -OCH3 is 1. The molecule has 2 aromatic carbocycles. The molecule has 2 aromatic heterocycles. The molecule has 174 valence electrons. The number of benzene rings is 2. The summed E-state index contributed by atoms with van der Waals surface area (Å²) in [4.78, 5) is 21.9. The molecule has 0 fully saturated rings. The van der Waals surface area contributed by atoms with Gasteiger partial charge in [-0.3, -0.25) is 4.79 Å². The van der Waals surface area contributed by atoms with Crippen molar-refractivity contribution in [3.63, 3.8) is 0 Å². The molecule has 1 N–H and O–H groups in total. The Morgan fingerprint density at radius 2 is 1.94 bits per heavy atom. The molecule has 0 aliphatic rings. The normalized spacial score (nSPS) is 12.0. The summed E-state index contributed by atoms with van der Waals surface area (Å²) in [5, 5.41) is 6.05. The number of aryl methyl sites for hydroxylation is 2. The number of aromatic nitrogens is 3. The Kier molecular flexibility index (Phi) is 7.39. The van der Waals surface area contributed by atoms with Gasteiger partial charge in [0, 0.05) is 42.0 Å². The van der Waals surface area contributed by atoms with Crippen LogP contribution in [-0.2, 0) is 18.4 Å². The second kappa shape index (κ2) is 10.8. The number of hydrogen-bond acceptors (Lipinski definition) is 6. The van der Waals surface area contributed by atoms with Crippen molar-refractivity contribution in [3.8, 4) is 11.5 Å². The van der Waals surface area contributed by atoms with E-state index < -0.39 is 6.04 Å². The summed E-state index contributed by atoms with van der Waals surface area (Å²) >= 11 is 1.59. The van der Waals surface area contributed by atoms with Crippen LogP contribution in [0, 0.1) is 6.92 Å². The number of rotatable bonds is 9. The van der Waals surface area contributed by atoms with Crippen LogP contribution in [0.15, 0.2) is 72.4 Å². The molecule has 0 bridgehead atoms. The van der Waals surface area contributed by atoms with E-state index in [1.807, 2.05) is 78.6 Å². The van der Waals surface area contributed by atoms with Gasteiger partial charge in [-0.15, -0.1) is 11.3 Å². The van der Waals surface area contributed by atoms with E-state index in [0.29, 0.717) is 23.9 Å². The van der Waals surface area contributed by atoms with Crippen molar-refractivity contribution in [2.24, 2.45) is 7.05 Å². The number of ether oxygens (including phenoxy) is 2. The molecule has 0 saturated carbocycles. The van der Waals surface area contributed by atoms with E-state index in [1.54, 1.807) is 30.7 Å². The van der Waals surface area contributed by atoms with Crippen molar-refractivity contribution >= 4 is 23.3 Å². The lowest BCUT2D eigenvalue weighted by Crippen LogP contribution is -2.30. The van der Waals surface area contributed by atoms with E-state index in [0.717, 1.165) is 21.8 Å². The van der Waals surface area contributed by atoms with Gasteiger partial charge in [-0.1, -0.05) is 36.4 Å². The van der Waals surface area contributed by atoms with Crippen LogP contribution in [0.25, 0.3) is 6.08 Å². The lowest BCUT2D eigenvalue weighted by atomic mass is 10.0. The summed E-state index contributed by atoms with van der Waals surface area (Å²) < 4.78 is 13.4. The minimum atomic E-state index is -0.479. The first kappa shape index (κ1) is 23.3. The highest BCUT2D eigenvalue weighted by Gasteiger charge is 2.23. The van der Waals surface area contributed by atoms with Crippen molar-refractivity contribution in [3.05, 3.63) is 100 Å². The van der Waals surface area contributed by atoms with Crippen LogP contribution in [0.1, 0.15) is 33.7 Å². The first-order chi connectivity index (χ1) is 16.5. The number of imidazole rings is 1. The number of para-hydroxylation sites is 2. The Hall–Kier alpha value is -3.91. The summed E-state index contributed by atoms with van der Waals surface area (Å²) in [6.07, 6.45) is 6.80. The maximum atomic E-state index is 13.0. The van der Waals surface area contributed by atoms with E-state index in [1.165, 1.54) is 6.08 Å². The van der Waals surface area contributed by atoms with Gasteiger partial charge in [-0.25, -0.2) is 9.97 Å². The van der Waals surface area contributed by atoms with E-state index in [2.05, 4.69) is 15.3 Å². The molecule has 4 rings (SSSR count). The average Bonchev–Trinajstić information content (AvgIpc) is 3.48. The second-order valence-electron chi connectivity index (χ2n) is 7.60. The number of nitrogens with one attached hydrogen (secondary N) is 1. The molecule has 2 heterocycles. The fourth-order valence-electron chi connectivity index (χ4n) is 3.57. The highest BCUT2D eigenvalue weighted by Crippen LogP contribution is 2.29. The zero-order valence-corrected chi connectivity index (χ0v) is 20.1. The van der Waals surface area contributed by atoms with Crippen LogP contribution in [-0.4, -0.2) is 27.6 Å². The minimum Gasteiger partial charge on any atom is -0.496 e. The third-order valence-electron chi connectivity index (χ3n) is 5.23. The fourth-order valence-corrected chi connectivity index (χ4v) is 4.17. The Balaban J connectivity index is 1.52. The molecule has 1 atom stereocenters. The lowest BCUT2D eigenvalue weighted by molar-refractivity contribution is -0.117. The molecule has 0 saturated heterocycles. The van der Waals surface area contributed by atoms with E-state index in [9.17, 15) is 4.79 Å². The standard InChI is InChI=1S/C26H26N4O3S/c1-18-28-20(17-34-18)16-33-22-10-6-4-8-19(22)12-13-24(31)29-25(26-27-14-15-30(26)2)21-9-5-7-11-23(21)32-3/h4-15,17,25H,16H2,1-3H3,(H,29,31)/b13-12+. The van der Waals surface area contributed by atoms with Crippen molar-refractivity contribution in [1.29, 1.82) is 0 Å². The fraction of sp³-hybridized carbons (Fsp3) is 0.192. The topological polar surface area (TPSA) is 78.3 Å². The number of carbonyl (C=O) groups excluding carboxylic acids is 1. The number of amides is 1. The molecule has 0 aliphatic heterocycles. The molecule has 1 amide bonds. The van der Waals surface area contributed by atoms with E-state index in [4.69, 9.17) is 9.47 Å². The molecule has 8 heteroatoms. The quantitative estimate of drug-likeness (QED) is 0.356. The smallest absolute Gasteiger partial charge is 0.244 e. The van der Waals surface area contributed by atoms with Gasteiger partial charge in [-0.05, 0) is 25.1 Å². The van der Waals surface area contributed by atoms with Crippen molar-refractivity contribution < 1.29 is 14.3 Å². The molecular weight excluding hydrogens is 448 g/mol. The van der Waals surface area contributed by atoms with Crippen LogP contribution < -0.4 is 14.8 Å². The molecule has 1 unspecified atom stereocenters. The Morgan fingerprint density at radius 3 is 2.65 bits per heavy atom. The molecule has 0 aliphatic carbocycles. The van der Waals surface area contributed by atoms with Gasteiger partial charge in [0.15, 0.2) is 0 Å². The minimum absolute atomic E-state index is 0.260. The monoisotopic (exact) mass is 474 g/mol. The van der Waals surface area contributed by atoms with Gasteiger partial charge in [0.05, 0.1) is 17.8 Å². The first-order valence-electron chi connectivity index (χ1n) is 10.8. The second-order valence-corrected chi connectivity index (χ2v) is 8.66. The summed E-state index contributed by atoms with van der Waals surface area (Å²) in [5.74, 6) is 1.80. The Labute approximate surface area is 202 Å². The summed E-state index contributed by atoms with van der Waals surface area (Å²) in [6, 6.07) is 14.7. The summed E-state index contributed by atoms with van der Waals surface area (Å²) in [5.41, 5.74) is 2.51. The molecule has 34 heavy (non-hydrogen) atoms. The lowest BCUT2D eigenvalue weighted by Gasteiger charge is -2.20. The van der Waals surface area contributed by atoms with Crippen molar-refractivity contribution in [1.82, 2.24) is 19.9 Å². The molecular formula is C26H26N4O3S. The van der Waals surface area contributed by atoms with Crippen LogP contribution >= 0.6 is 11.3 Å². The number of hydrogen-bond donors (Lipinski definition) is 1. The van der Waals surface area contributed by atoms with Crippen LogP contribution in [0.3, 0.4) is 0 Å². The number of thiazole rings is 1. The molecule has 4 aromatic rings. The maximum Gasteiger partial charge on any atom is 0.244 e. The van der Waals surface area contributed by atoms with Crippen LogP contribution in [0.4, 0.5) is 0 Å². The van der Waals surface area contributed by atoms with Gasteiger partial charge < -0.3 is 19.4 Å². The summed E-state index contributed by atoms with van der Waals surface area (Å²) in [7, 11) is 3.50. The maximum absolute atomic E-state index is 13.0.